The van der Waals surface area contributed by atoms with Gasteiger partial charge in [0, 0.05) is 39.4 Å². The Hall–Kier alpha value is -10.4. The molecular weight excluding hydrogens is 951 g/mol. The van der Waals surface area contributed by atoms with Crippen molar-refractivity contribution in [2.75, 3.05) is 4.90 Å². The van der Waals surface area contributed by atoms with Gasteiger partial charge in [-0.2, -0.15) is 0 Å². The van der Waals surface area contributed by atoms with Crippen molar-refractivity contribution in [2.45, 2.75) is 5.41 Å². The van der Waals surface area contributed by atoms with E-state index in [-0.39, 0.29) is 0 Å². The molecule has 0 fully saturated rings. The molecule has 0 atom stereocenters. The molecule has 0 radical (unpaired) electrons. The summed E-state index contributed by atoms with van der Waals surface area (Å²) in [5.41, 5.74) is 21.3. The van der Waals surface area contributed by atoms with E-state index < -0.39 is 5.41 Å². The van der Waals surface area contributed by atoms with Crippen molar-refractivity contribution >= 4 is 60.7 Å². The molecule has 4 heterocycles. The topological polar surface area (TPSA) is 31.6 Å². The van der Waals surface area contributed by atoms with Gasteiger partial charge in [-0.3, -0.25) is 4.90 Å². The first-order chi connectivity index (χ1) is 38.7. The zero-order chi connectivity index (χ0) is 51.1. The fourth-order valence-corrected chi connectivity index (χ4v) is 13.4. The number of benzene rings is 12. The fraction of sp³-hybridized carbons (Fsp3) is 0.0137. The Morgan fingerprint density at radius 3 is 1.36 bits per heavy atom. The summed E-state index contributed by atoms with van der Waals surface area (Å²) in [4.78, 5) is 2.28. The van der Waals surface area contributed by atoms with E-state index in [4.69, 9.17) is 9.47 Å². The maximum atomic E-state index is 6.79. The SMILES string of the molecule is c1ccc(-c2ccc3c(c2)c2cc(-c4ccc5c(c4)c4ccccc4n5-c4ccc5c(c4)C(c4ccccc4)(c4ccccc4)c4ccccc4-5)ccc2n3-c2cc3c4c(c2)Oc2ccccc2N4c2ccccc2O3)cc1. The first kappa shape index (κ1) is 42.9. The smallest absolute Gasteiger partial charge is 0.157 e. The number of fused-ring (bicyclic) bond motifs is 13. The molecule has 0 saturated carbocycles. The third kappa shape index (κ3) is 6.01. The summed E-state index contributed by atoms with van der Waals surface area (Å²) >= 11 is 0. The Balaban J connectivity index is 0.840. The molecule has 2 aromatic heterocycles. The highest BCUT2D eigenvalue weighted by atomic mass is 16.5. The summed E-state index contributed by atoms with van der Waals surface area (Å²) < 4.78 is 18.4. The van der Waals surface area contributed by atoms with Crippen LogP contribution in [-0.2, 0) is 5.41 Å². The van der Waals surface area contributed by atoms with E-state index in [1.165, 1.54) is 55.2 Å². The molecule has 364 valence electrons. The second-order valence-corrected chi connectivity index (χ2v) is 20.8. The van der Waals surface area contributed by atoms with Gasteiger partial charge in [-0.25, -0.2) is 0 Å². The van der Waals surface area contributed by atoms with Gasteiger partial charge in [-0.05, 0) is 134 Å². The molecule has 0 saturated heterocycles. The van der Waals surface area contributed by atoms with Crippen molar-refractivity contribution < 1.29 is 9.47 Å². The Morgan fingerprint density at radius 1 is 0.282 bits per heavy atom. The molecular formula is C73H45N3O2. The van der Waals surface area contributed by atoms with Crippen LogP contribution in [0.1, 0.15) is 22.3 Å². The highest BCUT2D eigenvalue weighted by molar-refractivity contribution is 6.14. The monoisotopic (exact) mass is 995 g/mol. The fourth-order valence-electron chi connectivity index (χ4n) is 13.4. The second kappa shape index (κ2) is 16.3. The van der Waals surface area contributed by atoms with Crippen LogP contribution in [-0.4, -0.2) is 9.13 Å². The summed E-state index contributed by atoms with van der Waals surface area (Å²) in [6.07, 6.45) is 0. The van der Waals surface area contributed by atoms with Crippen LogP contribution >= 0.6 is 0 Å². The van der Waals surface area contributed by atoms with Gasteiger partial charge in [-0.1, -0.05) is 182 Å². The zero-order valence-corrected chi connectivity index (χ0v) is 42.1. The minimum absolute atomic E-state index is 0.502. The predicted octanol–water partition coefficient (Wildman–Crippen LogP) is 19.3. The first-order valence-electron chi connectivity index (χ1n) is 26.7. The lowest BCUT2D eigenvalue weighted by molar-refractivity contribution is 0.445. The predicted molar refractivity (Wildman–Crippen MR) is 318 cm³/mol. The highest BCUT2D eigenvalue weighted by Gasteiger charge is 2.46. The molecule has 0 bridgehead atoms. The molecule has 5 heteroatoms. The van der Waals surface area contributed by atoms with Gasteiger partial charge in [0.25, 0.3) is 0 Å². The van der Waals surface area contributed by atoms with Gasteiger partial charge in [0.05, 0.1) is 44.5 Å². The number of anilines is 3. The van der Waals surface area contributed by atoms with Crippen molar-refractivity contribution in [1.29, 1.82) is 0 Å². The van der Waals surface area contributed by atoms with Gasteiger partial charge in [0.2, 0.25) is 0 Å². The van der Waals surface area contributed by atoms with E-state index in [1.807, 2.05) is 24.3 Å². The van der Waals surface area contributed by atoms with Crippen molar-refractivity contribution in [2.24, 2.45) is 0 Å². The third-order valence-electron chi connectivity index (χ3n) is 16.7. The van der Waals surface area contributed by atoms with Crippen LogP contribution in [0.2, 0.25) is 0 Å². The lowest BCUT2D eigenvalue weighted by Gasteiger charge is -2.38. The highest BCUT2D eigenvalue weighted by Crippen LogP contribution is 2.61. The minimum Gasteiger partial charge on any atom is -0.453 e. The molecule has 0 N–H and O–H groups in total. The van der Waals surface area contributed by atoms with Crippen molar-refractivity contribution in [3.05, 3.63) is 295 Å². The zero-order valence-electron chi connectivity index (χ0n) is 42.1. The first-order valence-corrected chi connectivity index (χ1v) is 26.7. The summed E-state index contributed by atoms with van der Waals surface area (Å²) in [5, 5.41) is 4.74. The van der Waals surface area contributed by atoms with Gasteiger partial charge in [0.15, 0.2) is 23.0 Å². The molecule has 5 nitrogen and oxygen atoms in total. The minimum atomic E-state index is -0.502. The van der Waals surface area contributed by atoms with Gasteiger partial charge in [0.1, 0.15) is 5.69 Å². The molecule has 78 heavy (non-hydrogen) atoms. The molecule has 0 amide bonds. The van der Waals surface area contributed by atoms with Crippen LogP contribution in [0.5, 0.6) is 23.0 Å². The van der Waals surface area contributed by atoms with E-state index in [0.29, 0.717) is 0 Å². The van der Waals surface area contributed by atoms with E-state index in [0.717, 1.165) is 95.4 Å². The molecule has 17 rings (SSSR count). The molecule has 1 aliphatic carbocycles. The standard InChI is InChI=1S/C73H45N3O2/c1-4-18-46(19-5-1)47-32-37-64-58(40-47)59-42-49(34-39-65(59)75(64)53-44-70-72-71(45-53)78-69-31-17-15-29-67(69)76(72)66-28-14-16-30-68(66)77-70)48-33-38-63-57(41-48)56-25-11-13-27-62(56)74(63)52-35-36-55-54-24-10-12-26-60(54)73(61(55)43-52,50-20-6-2-7-21-50)51-22-8-3-9-23-51/h1-45H. The number of aromatic nitrogens is 2. The lowest BCUT2D eigenvalue weighted by Crippen LogP contribution is -2.28. The summed E-state index contributed by atoms with van der Waals surface area (Å²) in [5.74, 6) is 3.09. The van der Waals surface area contributed by atoms with Crippen molar-refractivity contribution in [3.8, 4) is 67.8 Å². The van der Waals surface area contributed by atoms with E-state index in [9.17, 15) is 0 Å². The van der Waals surface area contributed by atoms with Gasteiger partial charge >= 0.3 is 0 Å². The Kier molecular flexibility index (Phi) is 8.98. The number of nitrogens with zero attached hydrogens (tertiary/aromatic N) is 3. The second-order valence-electron chi connectivity index (χ2n) is 20.8. The van der Waals surface area contributed by atoms with Gasteiger partial charge in [-0.15, -0.1) is 0 Å². The average Bonchev–Trinajstić information content (AvgIpc) is 4.25. The van der Waals surface area contributed by atoms with Crippen LogP contribution in [0, 0.1) is 0 Å². The molecule has 3 aliphatic rings. The van der Waals surface area contributed by atoms with Gasteiger partial charge < -0.3 is 18.6 Å². The number of para-hydroxylation sites is 5. The maximum absolute atomic E-state index is 6.79. The number of hydrogen-bond acceptors (Lipinski definition) is 3. The van der Waals surface area contributed by atoms with Crippen LogP contribution < -0.4 is 14.4 Å². The number of ether oxygens (including phenoxy) is 2. The van der Waals surface area contributed by atoms with E-state index in [1.54, 1.807) is 0 Å². The summed E-state index contributed by atoms with van der Waals surface area (Å²) in [6, 6.07) is 99.4. The maximum Gasteiger partial charge on any atom is 0.157 e. The molecule has 0 unspecified atom stereocenters. The lowest BCUT2D eigenvalue weighted by atomic mass is 9.67. The Morgan fingerprint density at radius 2 is 0.744 bits per heavy atom. The molecule has 2 aliphatic heterocycles. The number of rotatable bonds is 6. The average molecular weight is 996 g/mol. The molecule has 12 aromatic carbocycles. The van der Waals surface area contributed by atoms with E-state index >= 15 is 0 Å². The molecule has 0 spiro atoms. The summed E-state index contributed by atoms with van der Waals surface area (Å²) in [6.45, 7) is 0. The quantitative estimate of drug-likeness (QED) is 0.166. The summed E-state index contributed by atoms with van der Waals surface area (Å²) in [7, 11) is 0. The third-order valence-corrected chi connectivity index (χ3v) is 16.7. The number of hydrogen-bond donors (Lipinski definition) is 0. The van der Waals surface area contributed by atoms with Crippen LogP contribution in [0.4, 0.5) is 17.1 Å². The normalized spacial score (nSPS) is 13.4. The Bertz CT molecular complexity index is 4690. The van der Waals surface area contributed by atoms with E-state index in [2.05, 4.69) is 263 Å². The van der Waals surface area contributed by atoms with Crippen molar-refractivity contribution in [1.82, 2.24) is 9.13 Å². The van der Waals surface area contributed by atoms with Crippen LogP contribution in [0.25, 0.3) is 88.4 Å². The molecule has 14 aromatic rings. The van der Waals surface area contributed by atoms with Crippen LogP contribution in [0.15, 0.2) is 273 Å². The van der Waals surface area contributed by atoms with Crippen molar-refractivity contribution in [3.63, 3.8) is 0 Å². The largest absolute Gasteiger partial charge is 0.453 e. The Labute approximate surface area is 450 Å². The van der Waals surface area contributed by atoms with Crippen LogP contribution in [0.3, 0.4) is 0 Å².